The molecule has 172 valence electrons. The van der Waals surface area contributed by atoms with E-state index in [2.05, 4.69) is 0 Å². The van der Waals surface area contributed by atoms with E-state index in [1.807, 2.05) is 18.7 Å². The molecular formula is C25H33N3O4. The third-order valence-corrected chi connectivity index (χ3v) is 7.32. The Morgan fingerprint density at radius 2 is 1.47 bits per heavy atom. The first-order valence-corrected chi connectivity index (χ1v) is 12.1. The van der Waals surface area contributed by atoms with E-state index in [4.69, 9.17) is 0 Å². The van der Waals surface area contributed by atoms with Crippen LogP contribution in [0.25, 0.3) is 0 Å². The van der Waals surface area contributed by atoms with Crippen molar-refractivity contribution >= 4 is 23.6 Å². The minimum atomic E-state index is -0.271. The highest BCUT2D eigenvalue weighted by Crippen LogP contribution is 2.31. The minimum Gasteiger partial charge on any atom is -0.339 e. The molecule has 0 radical (unpaired) electrons. The van der Waals surface area contributed by atoms with Crippen LogP contribution in [0.2, 0.25) is 0 Å². The van der Waals surface area contributed by atoms with Gasteiger partial charge in [-0.15, -0.1) is 0 Å². The topological polar surface area (TPSA) is 78.0 Å². The molecule has 7 heteroatoms. The summed E-state index contributed by atoms with van der Waals surface area (Å²) in [5, 5.41) is 0. The molecule has 0 unspecified atom stereocenters. The van der Waals surface area contributed by atoms with Crippen molar-refractivity contribution in [3.05, 3.63) is 34.9 Å². The highest BCUT2D eigenvalue weighted by molar-refractivity contribution is 6.22. The highest BCUT2D eigenvalue weighted by Gasteiger charge is 2.40. The van der Waals surface area contributed by atoms with Crippen LogP contribution in [0.15, 0.2) is 18.2 Å². The third-order valence-electron chi connectivity index (χ3n) is 7.32. The monoisotopic (exact) mass is 439 g/mol. The van der Waals surface area contributed by atoms with Gasteiger partial charge < -0.3 is 9.80 Å². The lowest BCUT2D eigenvalue weighted by Crippen LogP contribution is -2.51. The summed E-state index contributed by atoms with van der Waals surface area (Å²) in [6.07, 6.45) is 6.59. The zero-order valence-corrected chi connectivity index (χ0v) is 19.1. The predicted octanol–water partition coefficient (Wildman–Crippen LogP) is 3.34. The Labute approximate surface area is 189 Å². The van der Waals surface area contributed by atoms with Gasteiger partial charge in [-0.25, -0.2) is 0 Å². The highest BCUT2D eigenvalue weighted by atomic mass is 16.2. The molecule has 4 rings (SSSR count). The Morgan fingerprint density at radius 1 is 0.875 bits per heavy atom. The van der Waals surface area contributed by atoms with Gasteiger partial charge in [-0.05, 0) is 43.9 Å². The van der Waals surface area contributed by atoms with Gasteiger partial charge in [-0.1, -0.05) is 33.1 Å². The van der Waals surface area contributed by atoms with Gasteiger partial charge in [0.05, 0.1) is 11.1 Å². The fourth-order valence-electron chi connectivity index (χ4n) is 5.27. The van der Waals surface area contributed by atoms with Crippen molar-refractivity contribution in [2.24, 2.45) is 5.92 Å². The molecule has 1 aliphatic carbocycles. The van der Waals surface area contributed by atoms with Crippen molar-refractivity contribution in [3.8, 4) is 0 Å². The standard InChI is InChI=1S/C25H33N3O4/c1-3-17(4-2)22(29)26-12-14-27(15-13-26)23(30)18-10-11-20-21(16-18)25(32)28(24(20)31)19-8-6-5-7-9-19/h10-11,16-17,19H,3-9,12-15H2,1-2H3. The molecule has 7 nitrogen and oxygen atoms in total. The number of nitrogens with zero attached hydrogens (tertiary/aromatic N) is 3. The molecule has 0 atom stereocenters. The second kappa shape index (κ2) is 9.43. The van der Waals surface area contributed by atoms with Crippen LogP contribution in [0.5, 0.6) is 0 Å². The lowest BCUT2D eigenvalue weighted by molar-refractivity contribution is -0.137. The fraction of sp³-hybridized carbons (Fsp3) is 0.600. The molecule has 0 bridgehead atoms. The largest absolute Gasteiger partial charge is 0.339 e. The van der Waals surface area contributed by atoms with Crippen LogP contribution in [0.3, 0.4) is 0 Å². The van der Waals surface area contributed by atoms with Crippen molar-refractivity contribution in [1.82, 2.24) is 14.7 Å². The van der Waals surface area contributed by atoms with Gasteiger partial charge in [-0.3, -0.25) is 24.1 Å². The van der Waals surface area contributed by atoms with Crippen molar-refractivity contribution in [1.29, 1.82) is 0 Å². The summed E-state index contributed by atoms with van der Waals surface area (Å²) in [7, 11) is 0. The molecule has 32 heavy (non-hydrogen) atoms. The maximum atomic E-state index is 13.1. The fourth-order valence-corrected chi connectivity index (χ4v) is 5.27. The van der Waals surface area contributed by atoms with E-state index in [0.29, 0.717) is 42.9 Å². The molecule has 2 heterocycles. The number of imide groups is 1. The van der Waals surface area contributed by atoms with E-state index in [9.17, 15) is 19.2 Å². The van der Waals surface area contributed by atoms with Crippen LogP contribution in [0, 0.1) is 5.92 Å². The average molecular weight is 440 g/mol. The summed E-state index contributed by atoms with van der Waals surface area (Å²) in [6.45, 7) is 6.06. The number of hydrogen-bond acceptors (Lipinski definition) is 4. The van der Waals surface area contributed by atoms with Crippen LogP contribution in [0.4, 0.5) is 0 Å². The Bertz CT molecular complexity index is 910. The molecule has 0 N–H and O–H groups in total. The molecule has 3 aliphatic rings. The van der Waals surface area contributed by atoms with Gasteiger partial charge in [0.25, 0.3) is 17.7 Å². The molecule has 0 spiro atoms. The Balaban J connectivity index is 1.44. The van der Waals surface area contributed by atoms with E-state index in [0.717, 1.165) is 44.9 Å². The average Bonchev–Trinajstić information content (AvgIpc) is 3.09. The number of carbonyl (C=O) groups excluding carboxylic acids is 4. The summed E-state index contributed by atoms with van der Waals surface area (Å²) >= 11 is 0. The van der Waals surface area contributed by atoms with Crippen molar-refractivity contribution < 1.29 is 19.2 Å². The number of amides is 4. The molecule has 0 aromatic heterocycles. The van der Waals surface area contributed by atoms with E-state index in [1.54, 1.807) is 23.1 Å². The summed E-state index contributed by atoms with van der Waals surface area (Å²) in [5.41, 5.74) is 1.17. The van der Waals surface area contributed by atoms with Gasteiger partial charge in [0.15, 0.2) is 0 Å². The quantitative estimate of drug-likeness (QED) is 0.660. The first kappa shape index (κ1) is 22.5. The summed E-state index contributed by atoms with van der Waals surface area (Å²) < 4.78 is 0. The van der Waals surface area contributed by atoms with Crippen LogP contribution >= 0.6 is 0 Å². The van der Waals surface area contributed by atoms with Gasteiger partial charge in [-0.2, -0.15) is 0 Å². The molecule has 2 aliphatic heterocycles. The number of piperazine rings is 1. The lowest BCUT2D eigenvalue weighted by atomic mass is 9.94. The third kappa shape index (κ3) is 4.05. The van der Waals surface area contributed by atoms with E-state index in [-0.39, 0.29) is 35.6 Å². The number of benzene rings is 1. The molecule has 1 aromatic rings. The van der Waals surface area contributed by atoms with Crippen LogP contribution < -0.4 is 0 Å². The zero-order valence-electron chi connectivity index (χ0n) is 19.1. The number of rotatable bonds is 5. The molecular weight excluding hydrogens is 406 g/mol. The Hall–Kier alpha value is -2.70. The Kier molecular flexibility index (Phi) is 6.63. The molecule has 1 saturated heterocycles. The maximum absolute atomic E-state index is 13.1. The van der Waals surface area contributed by atoms with E-state index < -0.39 is 0 Å². The molecule has 2 fully saturated rings. The Morgan fingerprint density at radius 3 is 2.09 bits per heavy atom. The first-order chi connectivity index (χ1) is 15.5. The summed E-state index contributed by atoms with van der Waals surface area (Å²) in [5.74, 6) is -0.438. The lowest BCUT2D eigenvalue weighted by Gasteiger charge is -2.36. The van der Waals surface area contributed by atoms with Gasteiger partial charge in [0, 0.05) is 43.7 Å². The van der Waals surface area contributed by atoms with Crippen LogP contribution in [-0.2, 0) is 4.79 Å². The van der Waals surface area contributed by atoms with Crippen molar-refractivity contribution in [3.63, 3.8) is 0 Å². The second-order valence-electron chi connectivity index (χ2n) is 9.16. The minimum absolute atomic E-state index is 0.0315. The maximum Gasteiger partial charge on any atom is 0.261 e. The molecule has 1 aromatic carbocycles. The van der Waals surface area contributed by atoms with Crippen molar-refractivity contribution in [2.45, 2.75) is 64.8 Å². The molecule has 4 amide bonds. The predicted molar refractivity (Wildman–Crippen MR) is 120 cm³/mol. The van der Waals surface area contributed by atoms with E-state index >= 15 is 0 Å². The first-order valence-electron chi connectivity index (χ1n) is 12.1. The van der Waals surface area contributed by atoms with Crippen LogP contribution in [-0.4, -0.2) is 70.5 Å². The van der Waals surface area contributed by atoms with Gasteiger partial charge in [0.2, 0.25) is 5.91 Å². The number of hydrogen-bond donors (Lipinski definition) is 0. The zero-order chi connectivity index (χ0) is 22.8. The normalized spacial score (nSPS) is 19.7. The molecule has 1 saturated carbocycles. The summed E-state index contributed by atoms with van der Waals surface area (Å²) in [4.78, 5) is 56.6. The van der Waals surface area contributed by atoms with E-state index in [1.165, 1.54) is 4.90 Å². The smallest absolute Gasteiger partial charge is 0.261 e. The van der Waals surface area contributed by atoms with Gasteiger partial charge in [0.1, 0.15) is 0 Å². The number of fused-ring (bicyclic) bond motifs is 1. The van der Waals surface area contributed by atoms with Gasteiger partial charge >= 0.3 is 0 Å². The van der Waals surface area contributed by atoms with Crippen LogP contribution in [0.1, 0.15) is 89.9 Å². The second-order valence-corrected chi connectivity index (χ2v) is 9.16. The summed E-state index contributed by atoms with van der Waals surface area (Å²) in [6, 6.07) is 4.83. The number of carbonyl (C=O) groups is 4. The van der Waals surface area contributed by atoms with Crippen molar-refractivity contribution in [2.75, 3.05) is 26.2 Å². The SMILES string of the molecule is CCC(CC)C(=O)N1CCN(C(=O)c2ccc3c(c2)C(=O)N(C2CCCCC2)C3=O)CC1.